The first-order valence-electron chi connectivity index (χ1n) is 13.5. The quantitative estimate of drug-likeness (QED) is 0.561. The SMILES string of the molecule is CC[C@H](Oc1ccc2c(c1)[C@@H](c1ccc(C)cc1)N(C(=O)C1CCCC1)CC2)C(=O)NCCN(C)C. The first-order chi connectivity index (χ1) is 17.4. The second kappa shape index (κ2) is 11.9. The lowest BCUT2D eigenvalue weighted by molar-refractivity contribution is -0.137. The molecule has 0 radical (unpaired) electrons. The van der Waals surface area contributed by atoms with Gasteiger partial charge in [-0.1, -0.05) is 55.7 Å². The molecule has 2 aliphatic rings. The Bertz CT molecular complexity index is 1040. The summed E-state index contributed by atoms with van der Waals surface area (Å²) in [6.07, 6.45) is 5.13. The molecular weight excluding hydrogens is 450 g/mol. The van der Waals surface area contributed by atoms with Gasteiger partial charge in [0.05, 0.1) is 6.04 Å². The zero-order chi connectivity index (χ0) is 25.7. The number of nitrogens with one attached hydrogen (secondary N) is 1. The van der Waals surface area contributed by atoms with E-state index in [-0.39, 0.29) is 23.8 Å². The minimum Gasteiger partial charge on any atom is -0.481 e. The van der Waals surface area contributed by atoms with Gasteiger partial charge in [0, 0.05) is 25.6 Å². The van der Waals surface area contributed by atoms with Gasteiger partial charge < -0.3 is 19.9 Å². The second-order valence-corrected chi connectivity index (χ2v) is 10.5. The van der Waals surface area contributed by atoms with Gasteiger partial charge in [-0.15, -0.1) is 0 Å². The zero-order valence-corrected chi connectivity index (χ0v) is 22.3. The Morgan fingerprint density at radius 2 is 1.83 bits per heavy atom. The molecule has 0 bridgehead atoms. The fraction of sp³-hybridized carbons (Fsp3) is 0.533. The molecule has 1 heterocycles. The van der Waals surface area contributed by atoms with E-state index in [2.05, 4.69) is 53.5 Å². The van der Waals surface area contributed by atoms with Gasteiger partial charge in [-0.2, -0.15) is 0 Å². The maximum atomic E-state index is 13.6. The number of carbonyl (C=O) groups excluding carboxylic acids is 2. The molecule has 1 fully saturated rings. The van der Waals surface area contributed by atoms with Gasteiger partial charge in [0.1, 0.15) is 5.75 Å². The first kappa shape index (κ1) is 26.2. The maximum Gasteiger partial charge on any atom is 0.261 e. The highest BCUT2D eigenvalue weighted by Gasteiger charge is 2.36. The van der Waals surface area contributed by atoms with Crippen molar-refractivity contribution in [2.45, 2.75) is 64.5 Å². The standard InChI is InChI=1S/C30H41N3O3/c1-5-27(29(34)31-17-19-32(3)4)36-25-15-14-22-16-18-33(30(35)24-8-6-7-9-24)28(26(22)20-25)23-12-10-21(2)11-13-23/h10-15,20,24,27-28H,5-9,16-19H2,1-4H3,(H,31,34)/t27-,28+/m0/s1. The Labute approximate surface area is 216 Å². The summed E-state index contributed by atoms with van der Waals surface area (Å²) < 4.78 is 6.22. The summed E-state index contributed by atoms with van der Waals surface area (Å²) in [4.78, 5) is 30.5. The normalized spacial score (nSPS) is 18.7. The number of likely N-dealkylation sites (N-methyl/N-ethyl adjacent to an activating group) is 1. The molecule has 6 heteroatoms. The highest BCUT2D eigenvalue weighted by molar-refractivity contribution is 5.81. The van der Waals surface area contributed by atoms with E-state index in [0.29, 0.717) is 18.7 Å². The van der Waals surface area contributed by atoms with Crippen molar-refractivity contribution in [1.82, 2.24) is 15.1 Å². The molecule has 4 rings (SSSR count). The Hall–Kier alpha value is -2.86. The van der Waals surface area contributed by atoms with Crippen LogP contribution in [-0.4, -0.2) is 61.4 Å². The van der Waals surface area contributed by atoms with E-state index in [0.717, 1.165) is 56.3 Å². The molecular formula is C30H41N3O3. The minimum atomic E-state index is -0.553. The smallest absolute Gasteiger partial charge is 0.261 e. The monoisotopic (exact) mass is 491 g/mol. The van der Waals surface area contributed by atoms with Gasteiger partial charge in [-0.05, 0) is 75.5 Å². The van der Waals surface area contributed by atoms with Crippen molar-refractivity contribution < 1.29 is 14.3 Å². The van der Waals surface area contributed by atoms with E-state index >= 15 is 0 Å². The number of benzene rings is 2. The van der Waals surface area contributed by atoms with Gasteiger partial charge >= 0.3 is 0 Å². The Kier molecular flexibility index (Phi) is 8.68. The number of ether oxygens (including phenoxy) is 1. The zero-order valence-electron chi connectivity index (χ0n) is 22.3. The van der Waals surface area contributed by atoms with Crippen LogP contribution in [0.5, 0.6) is 5.75 Å². The number of nitrogens with zero attached hydrogens (tertiary/aromatic N) is 2. The molecule has 2 amide bonds. The van der Waals surface area contributed by atoms with Crippen LogP contribution in [-0.2, 0) is 16.0 Å². The van der Waals surface area contributed by atoms with Crippen molar-refractivity contribution in [3.05, 3.63) is 64.7 Å². The lowest BCUT2D eigenvalue weighted by Crippen LogP contribution is -2.43. The third kappa shape index (κ3) is 6.09. The van der Waals surface area contributed by atoms with Crippen LogP contribution in [0.15, 0.2) is 42.5 Å². The van der Waals surface area contributed by atoms with E-state index < -0.39 is 6.10 Å². The lowest BCUT2D eigenvalue weighted by atomic mass is 9.86. The van der Waals surface area contributed by atoms with Gasteiger partial charge in [0.2, 0.25) is 5.91 Å². The number of amides is 2. The Morgan fingerprint density at radius 1 is 1.11 bits per heavy atom. The molecule has 1 N–H and O–H groups in total. The molecule has 2 atom stereocenters. The molecule has 36 heavy (non-hydrogen) atoms. The molecule has 0 aromatic heterocycles. The first-order valence-corrected chi connectivity index (χ1v) is 13.5. The van der Waals surface area contributed by atoms with Crippen molar-refractivity contribution in [2.24, 2.45) is 5.92 Å². The summed E-state index contributed by atoms with van der Waals surface area (Å²) in [7, 11) is 3.97. The molecule has 0 unspecified atom stereocenters. The van der Waals surface area contributed by atoms with Crippen LogP contribution >= 0.6 is 0 Å². The summed E-state index contributed by atoms with van der Waals surface area (Å²) in [6, 6.07) is 14.5. The third-order valence-corrected chi connectivity index (χ3v) is 7.53. The molecule has 1 aliphatic carbocycles. The number of carbonyl (C=O) groups is 2. The molecule has 0 saturated heterocycles. The predicted octanol–water partition coefficient (Wildman–Crippen LogP) is 4.49. The lowest BCUT2D eigenvalue weighted by Gasteiger charge is -2.39. The second-order valence-electron chi connectivity index (χ2n) is 10.5. The summed E-state index contributed by atoms with van der Waals surface area (Å²) in [5.41, 5.74) is 4.67. The van der Waals surface area contributed by atoms with Crippen molar-refractivity contribution >= 4 is 11.8 Å². The molecule has 2 aromatic rings. The van der Waals surface area contributed by atoms with E-state index in [1.165, 1.54) is 11.1 Å². The summed E-state index contributed by atoms with van der Waals surface area (Å²) in [5, 5.41) is 2.98. The topological polar surface area (TPSA) is 61.9 Å². The van der Waals surface area contributed by atoms with Crippen LogP contribution in [0.25, 0.3) is 0 Å². The van der Waals surface area contributed by atoms with Gasteiger partial charge in [-0.25, -0.2) is 0 Å². The molecule has 0 spiro atoms. The average molecular weight is 492 g/mol. The van der Waals surface area contributed by atoms with Gasteiger partial charge in [-0.3, -0.25) is 9.59 Å². The minimum absolute atomic E-state index is 0.0924. The average Bonchev–Trinajstić information content (AvgIpc) is 3.41. The number of rotatable bonds is 9. The van der Waals surface area contributed by atoms with Crippen LogP contribution in [0.3, 0.4) is 0 Å². The van der Waals surface area contributed by atoms with Crippen LogP contribution in [0.2, 0.25) is 0 Å². The fourth-order valence-corrected chi connectivity index (χ4v) is 5.42. The van der Waals surface area contributed by atoms with E-state index in [1.54, 1.807) is 0 Å². The number of hydrogen-bond donors (Lipinski definition) is 1. The number of aryl methyl sites for hydroxylation is 1. The largest absolute Gasteiger partial charge is 0.481 e. The van der Waals surface area contributed by atoms with Crippen molar-refractivity contribution in [1.29, 1.82) is 0 Å². The molecule has 1 saturated carbocycles. The maximum absolute atomic E-state index is 13.6. The van der Waals surface area contributed by atoms with Crippen molar-refractivity contribution in [2.75, 3.05) is 33.7 Å². The van der Waals surface area contributed by atoms with Crippen molar-refractivity contribution in [3.63, 3.8) is 0 Å². The van der Waals surface area contributed by atoms with Crippen LogP contribution in [0, 0.1) is 12.8 Å². The molecule has 194 valence electrons. The van der Waals surface area contributed by atoms with Crippen LogP contribution in [0.4, 0.5) is 0 Å². The van der Waals surface area contributed by atoms with Gasteiger partial charge in [0.15, 0.2) is 6.10 Å². The highest BCUT2D eigenvalue weighted by Crippen LogP contribution is 2.40. The number of hydrogen-bond acceptors (Lipinski definition) is 4. The van der Waals surface area contributed by atoms with Gasteiger partial charge in [0.25, 0.3) is 5.91 Å². The van der Waals surface area contributed by atoms with E-state index in [1.807, 2.05) is 32.0 Å². The Balaban J connectivity index is 1.61. The van der Waals surface area contributed by atoms with E-state index in [4.69, 9.17) is 4.74 Å². The third-order valence-electron chi connectivity index (χ3n) is 7.53. The molecule has 2 aromatic carbocycles. The predicted molar refractivity (Wildman–Crippen MR) is 143 cm³/mol. The van der Waals surface area contributed by atoms with E-state index in [9.17, 15) is 9.59 Å². The van der Waals surface area contributed by atoms with Crippen molar-refractivity contribution in [3.8, 4) is 5.75 Å². The Morgan fingerprint density at radius 3 is 2.50 bits per heavy atom. The fourth-order valence-electron chi connectivity index (χ4n) is 5.42. The summed E-state index contributed by atoms with van der Waals surface area (Å²) in [5.74, 6) is 0.997. The molecule has 1 aliphatic heterocycles. The molecule has 6 nitrogen and oxygen atoms in total. The summed E-state index contributed by atoms with van der Waals surface area (Å²) >= 11 is 0. The summed E-state index contributed by atoms with van der Waals surface area (Å²) in [6.45, 7) is 6.15. The number of fused-ring (bicyclic) bond motifs is 1. The van der Waals surface area contributed by atoms with Crippen LogP contribution < -0.4 is 10.1 Å². The highest BCUT2D eigenvalue weighted by atomic mass is 16.5. The van der Waals surface area contributed by atoms with Crippen LogP contribution in [0.1, 0.15) is 67.3 Å².